The van der Waals surface area contributed by atoms with Crippen LogP contribution in [0.15, 0.2) is 0 Å². The lowest BCUT2D eigenvalue weighted by Crippen LogP contribution is -2.11. The van der Waals surface area contributed by atoms with E-state index in [4.69, 9.17) is 14.2 Å². The van der Waals surface area contributed by atoms with Crippen molar-refractivity contribution < 1.29 is 19.0 Å². The minimum absolute atomic E-state index is 0.152. The predicted molar refractivity (Wildman–Crippen MR) is 61.5 cm³/mol. The molecule has 0 unspecified atom stereocenters. The Morgan fingerprint density at radius 3 is 1.87 bits per heavy atom. The second-order valence-electron chi connectivity index (χ2n) is 2.98. The molecule has 15 heavy (non-hydrogen) atoms. The van der Waals surface area contributed by atoms with Crippen LogP contribution in [0.25, 0.3) is 0 Å². The molecular weight excluding hydrogens is 264 g/mol. The maximum Gasteiger partial charge on any atom is 0.132 e. The summed E-state index contributed by atoms with van der Waals surface area (Å²) in [4.78, 5) is 10.5. The van der Waals surface area contributed by atoms with Gasteiger partial charge in [0.25, 0.3) is 0 Å². The van der Waals surface area contributed by atoms with Crippen LogP contribution in [0.4, 0.5) is 0 Å². The summed E-state index contributed by atoms with van der Waals surface area (Å²) >= 11 is 3.26. The van der Waals surface area contributed by atoms with Gasteiger partial charge in [0.05, 0.1) is 39.6 Å². The standard InChI is InChI=1S/C10H19BrO4/c1-10(12)2-4-13-6-8-15-9-7-14-5-3-11/h2-9H2,1H3. The largest absolute Gasteiger partial charge is 0.379 e. The molecule has 90 valence electrons. The lowest BCUT2D eigenvalue weighted by molar-refractivity contribution is -0.118. The fourth-order valence-electron chi connectivity index (χ4n) is 0.812. The van der Waals surface area contributed by atoms with E-state index < -0.39 is 0 Å². The van der Waals surface area contributed by atoms with Crippen LogP contribution in [0.5, 0.6) is 0 Å². The van der Waals surface area contributed by atoms with Crippen LogP contribution in [0, 0.1) is 0 Å². The number of ketones is 1. The number of rotatable bonds is 11. The number of alkyl halides is 1. The van der Waals surface area contributed by atoms with Gasteiger partial charge in [-0.1, -0.05) is 15.9 Å². The van der Waals surface area contributed by atoms with Gasteiger partial charge in [-0.25, -0.2) is 0 Å². The molecule has 5 heteroatoms. The summed E-state index contributed by atoms with van der Waals surface area (Å²) in [5.41, 5.74) is 0. The second kappa shape index (κ2) is 12.1. The van der Waals surface area contributed by atoms with E-state index in [1.807, 2.05) is 0 Å². The molecule has 0 aliphatic carbocycles. The number of halogens is 1. The Bertz CT molecular complexity index is 152. The average Bonchev–Trinajstić information content (AvgIpc) is 2.20. The zero-order valence-electron chi connectivity index (χ0n) is 9.17. The van der Waals surface area contributed by atoms with Gasteiger partial charge in [-0.15, -0.1) is 0 Å². The van der Waals surface area contributed by atoms with Crippen LogP contribution < -0.4 is 0 Å². The zero-order valence-corrected chi connectivity index (χ0v) is 10.8. The Morgan fingerprint density at radius 2 is 1.40 bits per heavy atom. The molecule has 0 spiro atoms. The highest BCUT2D eigenvalue weighted by molar-refractivity contribution is 9.09. The fraction of sp³-hybridized carbons (Fsp3) is 0.900. The van der Waals surface area contributed by atoms with Crippen LogP contribution in [0.2, 0.25) is 0 Å². The molecule has 0 radical (unpaired) electrons. The van der Waals surface area contributed by atoms with Crippen LogP contribution in [0.3, 0.4) is 0 Å². The molecule has 0 aliphatic heterocycles. The molecule has 0 atom stereocenters. The molecule has 0 saturated carbocycles. The molecule has 0 amide bonds. The van der Waals surface area contributed by atoms with Crippen molar-refractivity contribution in [1.29, 1.82) is 0 Å². The van der Waals surface area contributed by atoms with Gasteiger partial charge in [0, 0.05) is 11.8 Å². The van der Waals surface area contributed by atoms with E-state index in [0.717, 1.165) is 5.33 Å². The summed E-state index contributed by atoms with van der Waals surface area (Å²) in [5, 5.41) is 0.848. The van der Waals surface area contributed by atoms with Gasteiger partial charge in [0.15, 0.2) is 0 Å². The zero-order chi connectivity index (χ0) is 11.4. The lowest BCUT2D eigenvalue weighted by Gasteiger charge is -2.05. The number of carbonyl (C=O) groups is 1. The monoisotopic (exact) mass is 282 g/mol. The van der Waals surface area contributed by atoms with Crippen LogP contribution >= 0.6 is 15.9 Å². The van der Waals surface area contributed by atoms with E-state index in [1.54, 1.807) is 6.92 Å². The third-order valence-electron chi connectivity index (χ3n) is 1.56. The van der Waals surface area contributed by atoms with Crippen LogP contribution in [0.1, 0.15) is 13.3 Å². The lowest BCUT2D eigenvalue weighted by atomic mass is 10.3. The molecule has 4 nitrogen and oxygen atoms in total. The number of carbonyl (C=O) groups excluding carboxylic acids is 1. The average molecular weight is 283 g/mol. The van der Waals surface area contributed by atoms with Crippen molar-refractivity contribution in [3.05, 3.63) is 0 Å². The molecule has 0 aromatic rings. The van der Waals surface area contributed by atoms with Crippen LogP contribution in [-0.2, 0) is 19.0 Å². The first-order valence-electron chi connectivity index (χ1n) is 5.06. The Morgan fingerprint density at radius 1 is 0.933 bits per heavy atom. The van der Waals surface area contributed by atoms with Crippen molar-refractivity contribution in [3.8, 4) is 0 Å². The summed E-state index contributed by atoms with van der Waals surface area (Å²) in [7, 11) is 0. The molecule has 0 saturated heterocycles. The number of ether oxygens (including phenoxy) is 3. The Labute approximate surface area is 99.4 Å². The fourth-order valence-corrected chi connectivity index (χ4v) is 1.04. The van der Waals surface area contributed by atoms with E-state index in [2.05, 4.69) is 15.9 Å². The van der Waals surface area contributed by atoms with Gasteiger partial charge in [-0.3, -0.25) is 4.79 Å². The maximum absolute atomic E-state index is 10.5. The number of hydrogen-bond donors (Lipinski definition) is 0. The van der Waals surface area contributed by atoms with Gasteiger partial charge in [0.1, 0.15) is 5.78 Å². The van der Waals surface area contributed by atoms with Crippen molar-refractivity contribution in [2.45, 2.75) is 13.3 Å². The van der Waals surface area contributed by atoms with Crippen molar-refractivity contribution in [2.75, 3.05) is 45.0 Å². The Hall–Kier alpha value is 0.0300. The number of Topliss-reactive ketones (excluding diaryl/α,β-unsaturated/α-hetero) is 1. The van der Waals surface area contributed by atoms with E-state index in [-0.39, 0.29) is 5.78 Å². The highest BCUT2D eigenvalue weighted by Crippen LogP contribution is 1.86. The number of hydrogen-bond acceptors (Lipinski definition) is 4. The molecule has 0 heterocycles. The summed E-state index contributed by atoms with van der Waals surface area (Å²) in [6, 6.07) is 0. The highest BCUT2D eigenvalue weighted by atomic mass is 79.9. The SMILES string of the molecule is CC(=O)CCOCCOCCOCCBr. The Kier molecular flexibility index (Phi) is 12.1. The molecule has 0 rings (SSSR count). The van der Waals surface area contributed by atoms with E-state index in [9.17, 15) is 4.79 Å². The van der Waals surface area contributed by atoms with Crippen molar-refractivity contribution >= 4 is 21.7 Å². The van der Waals surface area contributed by atoms with Gasteiger partial charge in [-0.2, -0.15) is 0 Å². The van der Waals surface area contributed by atoms with Crippen molar-refractivity contribution in [1.82, 2.24) is 0 Å². The van der Waals surface area contributed by atoms with Gasteiger partial charge in [-0.05, 0) is 6.92 Å². The molecule has 0 aliphatic rings. The summed E-state index contributed by atoms with van der Waals surface area (Å²) in [5.74, 6) is 0.152. The smallest absolute Gasteiger partial charge is 0.132 e. The molecule has 0 bridgehead atoms. The minimum atomic E-state index is 0.152. The normalized spacial score (nSPS) is 10.5. The molecule has 0 aromatic carbocycles. The van der Waals surface area contributed by atoms with E-state index in [1.165, 1.54) is 0 Å². The van der Waals surface area contributed by atoms with Gasteiger partial charge in [0.2, 0.25) is 0 Å². The summed E-state index contributed by atoms with van der Waals surface area (Å²) in [6.07, 6.45) is 0.481. The molecule has 0 N–H and O–H groups in total. The third-order valence-corrected chi connectivity index (χ3v) is 1.89. The Balaban J connectivity index is 2.89. The van der Waals surface area contributed by atoms with Crippen molar-refractivity contribution in [2.24, 2.45) is 0 Å². The minimum Gasteiger partial charge on any atom is -0.379 e. The molecule has 0 aromatic heterocycles. The molecular formula is C10H19BrO4. The van der Waals surface area contributed by atoms with Crippen LogP contribution in [-0.4, -0.2) is 50.8 Å². The van der Waals surface area contributed by atoms with E-state index in [0.29, 0.717) is 46.1 Å². The maximum atomic E-state index is 10.5. The molecule has 0 fully saturated rings. The van der Waals surface area contributed by atoms with E-state index >= 15 is 0 Å². The van der Waals surface area contributed by atoms with Gasteiger partial charge >= 0.3 is 0 Å². The first-order valence-corrected chi connectivity index (χ1v) is 6.18. The first-order chi connectivity index (χ1) is 7.27. The summed E-state index contributed by atoms with van der Waals surface area (Å²) < 4.78 is 15.6. The first kappa shape index (κ1) is 15.0. The summed E-state index contributed by atoms with van der Waals surface area (Å²) in [6.45, 7) is 5.03. The second-order valence-corrected chi connectivity index (χ2v) is 3.77. The predicted octanol–water partition coefficient (Wildman–Crippen LogP) is 1.41. The topological polar surface area (TPSA) is 44.8 Å². The van der Waals surface area contributed by atoms with Gasteiger partial charge < -0.3 is 14.2 Å². The third kappa shape index (κ3) is 14.0. The highest BCUT2D eigenvalue weighted by Gasteiger charge is 1.93. The quantitative estimate of drug-likeness (QED) is 0.425. The van der Waals surface area contributed by atoms with Crippen molar-refractivity contribution in [3.63, 3.8) is 0 Å².